The normalized spacial score (nSPS) is 10.1. The summed E-state index contributed by atoms with van der Waals surface area (Å²) in [6.45, 7) is 2.01. The van der Waals surface area contributed by atoms with E-state index in [-0.39, 0.29) is 5.78 Å². The summed E-state index contributed by atoms with van der Waals surface area (Å²) in [6.07, 6.45) is 1.67. The summed E-state index contributed by atoms with van der Waals surface area (Å²) in [4.78, 5) is 19.9. The molecule has 0 aliphatic carbocycles. The molecule has 0 radical (unpaired) electrons. The third kappa shape index (κ3) is 2.91. The van der Waals surface area contributed by atoms with Crippen LogP contribution in [0.4, 0.5) is 0 Å². The summed E-state index contributed by atoms with van der Waals surface area (Å²) in [5.41, 5.74) is 2.53. The Hall–Kier alpha value is -2.23. The molecular formula is C14H14N2O2. The van der Waals surface area contributed by atoms with E-state index in [0.717, 1.165) is 5.56 Å². The van der Waals surface area contributed by atoms with E-state index in [9.17, 15) is 4.79 Å². The van der Waals surface area contributed by atoms with Crippen LogP contribution < -0.4 is 4.74 Å². The van der Waals surface area contributed by atoms with E-state index in [4.69, 9.17) is 4.74 Å². The lowest BCUT2D eigenvalue weighted by molar-refractivity contribution is 0.0987. The summed E-state index contributed by atoms with van der Waals surface area (Å²) < 4.78 is 4.97. The molecule has 4 nitrogen and oxygen atoms in total. The number of benzene rings is 1. The molecular weight excluding hydrogens is 228 g/mol. The predicted molar refractivity (Wildman–Crippen MR) is 67.8 cm³/mol. The Kier molecular flexibility index (Phi) is 3.67. The van der Waals surface area contributed by atoms with E-state index < -0.39 is 0 Å². The van der Waals surface area contributed by atoms with E-state index in [2.05, 4.69) is 9.97 Å². The van der Waals surface area contributed by atoms with Gasteiger partial charge in [-0.05, 0) is 12.5 Å². The summed E-state index contributed by atoms with van der Waals surface area (Å²) in [5.74, 6) is 0.358. The van der Waals surface area contributed by atoms with Crippen LogP contribution in [0.25, 0.3) is 0 Å². The number of Topliss-reactive ketones (excluding diaryl/α,β-unsaturated/α-hetero) is 1. The molecule has 0 saturated heterocycles. The fraction of sp³-hybridized carbons (Fsp3) is 0.214. The number of carbonyl (C=O) groups excluding carboxylic acids is 1. The van der Waals surface area contributed by atoms with Gasteiger partial charge in [0.25, 0.3) is 0 Å². The average molecular weight is 242 g/mol. The second-order valence-corrected chi connectivity index (χ2v) is 4.03. The quantitative estimate of drug-likeness (QED) is 0.771. The van der Waals surface area contributed by atoms with Gasteiger partial charge in [-0.25, -0.2) is 9.97 Å². The van der Waals surface area contributed by atoms with Crippen molar-refractivity contribution in [2.45, 2.75) is 13.3 Å². The molecule has 0 saturated carbocycles. The van der Waals surface area contributed by atoms with Crippen LogP contribution in [0, 0.1) is 6.92 Å². The smallest absolute Gasteiger partial charge is 0.216 e. The summed E-state index contributed by atoms with van der Waals surface area (Å²) in [6, 6.07) is 9.43. The first-order chi connectivity index (χ1) is 8.69. The molecule has 1 heterocycles. The molecule has 0 aliphatic rings. The minimum atomic E-state index is -0.0421. The van der Waals surface area contributed by atoms with Gasteiger partial charge in [0, 0.05) is 12.5 Å². The molecule has 1 aromatic heterocycles. The molecule has 4 heteroatoms. The van der Waals surface area contributed by atoms with E-state index in [1.165, 1.54) is 19.0 Å². The van der Waals surface area contributed by atoms with Crippen LogP contribution in [0.5, 0.6) is 5.88 Å². The summed E-state index contributed by atoms with van der Waals surface area (Å²) in [5, 5.41) is 0. The van der Waals surface area contributed by atoms with Crippen molar-refractivity contribution in [2.75, 3.05) is 7.11 Å². The second kappa shape index (κ2) is 5.40. The van der Waals surface area contributed by atoms with Crippen LogP contribution in [-0.4, -0.2) is 22.9 Å². The largest absolute Gasteiger partial charge is 0.481 e. The van der Waals surface area contributed by atoms with Crippen LogP contribution in [0.1, 0.15) is 21.6 Å². The third-order valence-electron chi connectivity index (χ3n) is 2.62. The maximum Gasteiger partial charge on any atom is 0.216 e. The van der Waals surface area contributed by atoms with E-state index in [0.29, 0.717) is 18.0 Å². The van der Waals surface area contributed by atoms with Gasteiger partial charge >= 0.3 is 0 Å². The first-order valence-corrected chi connectivity index (χ1v) is 5.64. The van der Waals surface area contributed by atoms with Gasteiger partial charge in [0.2, 0.25) is 5.88 Å². The van der Waals surface area contributed by atoms with E-state index >= 15 is 0 Å². The van der Waals surface area contributed by atoms with Crippen molar-refractivity contribution in [3.8, 4) is 5.88 Å². The molecule has 0 unspecified atom stereocenters. The molecule has 0 aliphatic heterocycles. The average Bonchev–Trinajstić information content (AvgIpc) is 2.41. The second-order valence-electron chi connectivity index (χ2n) is 4.03. The van der Waals surface area contributed by atoms with Gasteiger partial charge in [0.15, 0.2) is 5.78 Å². The van der Waals surface area contributed by atoms with E-state index in [1.807, 2.05) is 31.2 Å². The fourth-order valence-corrected chi connectivity index (χ4v) is 1.59. The van der Waals surface area contributed by atoms with Crippen LogP contribution >= 0.6 is 0 Å². The Bertz CT molecular complexity index is 550. The van der Waals surface area contributed by atoms with Crippen LogP contribution in [0.15, 0.2) is 36.7 Å². The standard InChI is InChI=1S/C14H14N2O2/c1-10-3-5-11(6-4-10)7-13(17)12-8-14(18-2)16-9-15-12/h3-6,8-9H,7H2,1-2H3. The summed E-state index contributed by atoms with van der Waals surface area (Å²) in [7, 11) is 1.51. The number of carbonyl (C=O) groups is 1. The number of nitrogens with zero attached hydrogens (tertiary/aromatic N) is 2. The highest BCUT2D eigenvalue weighted by atomic mass is 16.5. The minimum Gasteiger partial charge on any atom is -0.481 e. The molecule has 92 valence electrons. The minimum absolute atomic E-state index is 0.0421. The van der Waals surface area contributed by atoms with Gasteiger partial charge in [0.1, 0.15) is 12.0 Å². The lowest BCUT2D eigenvalue weighted by Gasteiger charge is -2.03. The Labute approximate surface area is 106 Å². The Morgan fingerprint density at radius 3 is 2.61 bits per heavy atom. The third-order valence-corrected chi connectivity index (χ3v) is 2.62. The Balaban J connectivity index is 2.14. The number of aryl methyl sites for hydroxylation is 1. The fourth-order valence-electron chi connectivity index (χ4n) is 1.59. The van der Waals surface area contributed by atoms with Crippen LogP contribution in [0.3, 0.4) is 0 Å². The van der Waals surface area contributed by atoms with Gasteiger partial charge < -0.3 is 4.74 Å². The Morgan fingerprint density at radius 2 is 1.94 bits per heavy atom. The number of ketones is 1. The molecule has 0 spiro atoms. The first kappa shape index (κ1) is 12.2. The number of hydrogen-bond donors (Lipinski definition) is 0. The maximum atomic E-state index is 12.0. The maximum absolute atomic E-state index is 12.0. The number of aromatic nitrogens is 2. The molecule has 0 atom stereocenters. The topological polar surface area (TPSA) is 52.1 Å². The van der Waals surface area contributed by atoms with Crippen molar-refractivity contribution in [1.82, 2.24) is 9.97 Å². The SMILES string of the molecule is COc1cc(C(=O)Cc2ccc(C)cc2)ncn1. The summed E-state index contributed by atoms with van der Waals surface area (Å²) >= 11 is 0. The molecule has 18 heavy (non-hydrogen) atoms. The van der Waals surface area contributed by atoms with Gasteiger partial charge in [-0.2, -0.15) is 0 Å². The van der Waals surface area contributed by atoms with Gasteiger partial charge in [-0.1, -0.05) is 29.8 Å². The van der Waals surface area contributed by atoms with Crippen molar-refractivity contribution in [1.29, 1.82) is 0 Å². The zero-order chi connectivity index (χ0) is 13.0. The van der Waals surface area contributed by atoms with Gasteiger partial charge in [-0.3, -0.25) is 4.79 Å². The van der Waals surface area contributed by atoms with E-state index in [1.54, 1.807) is 6.07 Å². The molecule has 0 amide bonds. The van der Waals surface area contributed by atoms with Crippen molar-refractivity contribution in [3.63, 3.8) is 0 Å². The molecule has 2 aromatic rings. The van der Waals surface area contributed by atoms with Gasteiger partial charge in [0.05, 0.1) is 7.11 Å². The van der Waals surface area contributed by atoms with Crippen molar-refractivity contribution in [2.24, 2.45) is 0 Å². The Morgan fingerprint density at radius 1 is 1.22 bits per heavy atom. The number of hydrogen-bond acceptors (Lipinski definition) is 4. The van der Waals surface area contributed by atoms with Crippen molar-refractivity contribution in [3.05, 3.63) is 53.5 Å². The lowest BCUT2D eigenvalue weighted by Crippen LogP contribution is -2.06. The molecule has 0 N–H and O–H groups in total. The monoisotopic (exact) mass is 242 g/mol. The number of rotatable bonds is 4. The molecule has 0 bridgehead atoms. The molecule has 0 fully saturated rings. The molecule has 2 rings (SSSR count). The highest BCUT2D eigenvalue weighted by Crippen LogP contribution is 2.10. The highest BCUT2D eigenvalue weighted by molar-refractivity contribution is 5.95. The number of ether oxygens (including phenoxy) is 1. The lowest BCUT2D eigenvalue weighted by atomic mass is 10.1. The zero-order valence-electron chi connectivity index (χ0n) is 10.4. The highest BCUT2D eigenvalue weighted by Gasteiger charge is 2.10. The van der Waals surface area contributed by atoms with Crippen molar-refractivity contribution < 1.29 is 9.53 Å². The number of methoxy groups -OCH3 is 1. The molecule has 1 aromatic carbocycles. The predicted octanol–water partition coefficient (Wildman–Crippen LogP) is 2.22. The zero-order valence-corrected chi connectivity index (χ0v) is 10.4. The van der Waals surface area contributed by atoms with Crippen LogP contribution in [-0.2, 0) is 6.42 Å². The van der Waals surface area contributed by atoms with Gasteiger partial charge in [-0.15, -0.1) is 0 Å². The first-order valence-electron chi connectivity index (χ1n) is 5.64. The van der Waals surface area contributed by atoms with Crippen LogP contribution in [0.2, 0.25) is 0 Å². The van der Waals surface area contributed by atoms with Crippen molar-refractivity contribution >= 4 is 5.78 Å².